The Labute approximate surface area is 109 Å². The van der Waals surface area contributed by atoms with Crippen molar-refractivity contribution in [1.29, 1.82) is 0 Å². The van der Waals surface area contributed by atoms with E-state index in [0.717, 1.165) is 18.5 Å². The fourth-order valence-corrected chi connectivity index (χ4v) is 1.75. The lowest BCUT2D eigenvalue weighted by Gasteiger charge is -2.35. The zero-order chi connectivity index (χ0) is 13.9. The molecule has 0 saturated heterocycles. The van der Waals surface area contributed by atoms with Gasteiger partial charge in [0.25, 0.3) is 0 Å². The van der Waals surface area contributed by atoms with Crippen molar-refractivity contribution >= 4 is 5.97 Å². The number of aryl methyl sites for hydroxylation is 1. The second-order valence-electron chi connectivity index (χ2n) is 5.47. The van der Waals surface area contributed by atoms with Gasteiger partial charge in [-0.25, -0.2) is 4.79 Å². The van der Waals surface area contributed by atoms with Crippen LogP contribution in [0.4, 0.5) is 0 Å². The van der Waals surface area contributed by atoms with Crippen LogP contribution in [0.2, 0.25) is 0 Å². The van der Waals surface area contributed by atoms with E-state index in [4.69, 9.17) is 5.11 Å². The van der Waals surface area contributed by atoms with Gasteiger partial charge < -0.3 is 5.11 Å². The molecule has 0 aliphatic carbocycles. The molecule has 3 heteroatoms. The maximum Gasteiger partial charge on any atom is 0.335 e. The highest BCUT2D eigenvalue weighted by atomic mass is 16.4. The van der Waals surface area contributed by atoms with Gasteiger partial charge in [-0.05, 0) is 57.5 Å². The van der Waals surface area contributed by atoms with E-state index in [0.29, 0.717) is 5.56 Å². The molecule has 1 aromatic rings. The molecule has 0 bridgehead atoms. The summed E-state index contributed by atoms with van der Waals surface area (Å²) in [6, 6.07) is 5.34. The molecule has 18 heavy (non-hydrogen) atoms. The van der Waals surface area contributed by atoms with Gasteiger partial charge in [0.15, 0.2) is 0 Å². The second kappa shape index (κ2) is 5.53. The Balaban J connectivity index is 2.89. The van der Waals surface area contributed by atoms with Crippen molar-refractivity contribution in [3.8, 4) is 0 Å². The Kier molecular flexibility index (Phi) is 4.52. The molecule has 0 atom stereocenters. The van der Waals surface area contributed by atoms with Gasteiger partial charge in [-0.15, -0.1) is 0 Å². The first-order valence-corrected chi connectivity index (χ1v) is 6.32. The highest BCUT2D eigenvalue weighted by molar-refractivity contribution is 5.87. The number of carbonyl (C=O) groups is 1. The lowest BCUT2D eigenvalue weighted by atomic mass is 9.98. The molecule has 0 spiro atoms. The van der Waals surface area contributed by atoms with E-state index < -0.39 is 5.97 Å². The SMILES string of the molecule is CCC(C)(C)N(C)Cc1ccc(C(=O)O)cc1C. The van der Waals surface area contributed by atoms with Crippen LogP contribution in [-0.2, 0) is 6.54 Å². The van der Waals surface area contributed by atoms with Gasteiger partial charge in [0.2, 0.25) is 0 Å². The maximum absolute atomic E-state index is 10.9. The van der Waals surface area contributed by atoms with Gasteiger partial charge in [-0.2, -0.15) is 0 Å². The van der Waals surface area contributed by atoms with E-state index in [2.05, 4.69) is 32.7 Å². The van der Waals surface area contributed by atoms with Crippen LogP contribution in [0, 0.1) is 6.92 Å². The van der Waals surface area contributed by atoms with Crippen molar-refractivity contribution in [2.75, 3.05) is 7.05 Å². The fraction of sp³-hybridized carbons (Fsp3) is 0.533. The minimum absolute atomic E-state index is 0.151. The molecule has 100 valence electrons. The summed E-state index contributed by atoms with van der Waals surface area (Å²) in [5.41, 5.74) is 2.73. The van der Waals surface area contributed by atoms with Crippen LogP contribution in [0.15, 0.2) is 18.2 Å². The molecular weight excluding hydrogens is 226 g/mol. The Morgan fingerprint density at radius 2 is 2.00 bits per heavy atom. The zero-order valence-corrected chi connectivity index (χ0v) is 11.9. The molecule has 0 saturated carbocycles. The van der Waals surface area contributed by atoms with Gasteiger partial charge in [0, 0.05) is 12.1 Å². The van der Waals surface area contributed by atoms with Crippen LogP contribution in [0.25, 0.3) is 0 Å². The molecule has 0 radical (unpaired) electrons. The largest absolute Gasteiger partial charge is 0.478 e. The second-order valence-corrected chi connectivity index (χ2v) is 5.47. The van der Waals surface area contributed by atoms with E-state index in [1.54, 1.807) is 12.1 Å². The van der Waals surface area contributed by atoms with Gasteiger partial charge >= 0.3 is 5.97 Å². The van der Waals surface area contributed by atoms with Crippen molar-refractivity contribution in [3.05, 3.63) is 34.9 Å². The number of rotatable bonds is 5. The summed E-state index contributed by atoms with van der Waals surface area (Å²) in [4.78, 5) is 13.2. The summed E-state index contributed by atoms with van der Waals surface area (Å²) >= 11 is 0. The third-order valence-electron chi connectivity index (χ3n) is 3.90. The number of benzene rings is 1. The average Bonchev–Trinajstić information content (AvgIpc) is 2.31. The zero-order valence-electron chi connectivity index (χ0n) is 11.9. The predicted molar refractivity (Wildman–Crippen MR) is 74.0 cm³/mol. The third kappa shape index (κ3) is 3.33. The molecular formula is C15H23NO2. The van der Waals surface area contributed by atoms with Crippen LogP contribution in [0.3, 0.4) is 0 Å². The molecule has 0 fully saturated rings. The summed E-state index contributed by atoms with van der Waals surface area (Å²) in [7, 11) is 2.11. The first-order valence-electron chi connectivity index (χ1n) is 6.32. The summed E-state index contributed by atoms with van der Waals surface area (Å²) in [6.07, 6.45) is 1.08. The molecule has 0 heterocycles. The molecule has 0 amide bonds. The highest BCUT2D eigenvalue weighted by Crippen LogP contribution is 2.21. The number of carboxylic acid groups (broad SMARTS) is 1. The van der Waals surface area contributed by atoms with Crippen molar-refractivity contribution in [2.45, 2.75) is 46.2 Å². The summed E-state index contributed by atoms with van der Waals surface area (Å²) < 4.78 is 0. The smallest absolute Gasteiger partial charge is 0.335 e. The normalized spacial score (nSPS) is 11.9. The van der Waals surface area contributed by atoms with Gasteiger partial charge in [-0.1, -0.05) is 13.0 Å². The van der Waals surface area contributed by atoms with Crippen molar-refractivity contribution < 1.29 is 9.90 Å². The van der Waals surface area contributed by atoms with Crippen LogP contribution >= 0.6 is 0 Å². The number of carboxylic acids is 1. The van der Waals surface area contributed by atoms with Crippen molar-refractivity contribution in [1.82, 2.24) is 4.90 Å². The standard InChI is InChI=1S/C15H23NO2/c1-6-15(3,4)16(5)10-13-8-7-12(14(17)18)9-11(13)2/h7-9H,6,10H2,1-5H3,(H,17,18). The molecule has 0 aromatic heterocycles. The molecule has 0 aliphatic heterocycles. The third-order valence-corrected chi connectivity index (χ3v) is 3.90. The Morgan fingerprint density at radius 3 is 2.44 bits per heavy atom. The first-order chi connectivity index (χ1) is 8.27. The van der Waals surface area contributed by atoms with Gasteiger partial charge in [0.05, 0.1) is 5.56 Å². The first kappa shape index (κ1) is 14.7. The van der Waals surface area contributed by atoms with Crippen LogP contribution in [-0.4, -0.2) is 28.6 Å². The number of hydrogen-bond donors (Lipinski definition) is 1. The van der Waals surface area contributed by atoms with E-state index in [1.165, 1.54) is 5.56 Å². The average molecular weight is 249 g/mol. The van der Waals surface area contributed by atoms with E-state index >= 15 is 0 Å². The lowest BCUT2D eigenvalue weighted by Crippen LogP contribution is -2.39. The van der Waals surface area contributed by atoms with Crippen molar-refractivity contribution in [3.63, 3.8) is 0 Å². The summed E-state index contributed by atoms with van der Waals surface area (Å²) in [5.74, 6) is -0.869. The van der Waals surface area contributed by atoms with Crippen molar-refractivity contribution in [2.24, 2.45) is 0 Å². The molecule has 1 rings (SSSR count). The van der Waals surface area contributed by atoms with Gasteiger partial charge in [0.1, 0.15) is 0 Å². The van der Waals surface area contributed by atoms with E-state index in [-0.39, 0.29) is 5.54 Å². The topological polar surface area (TPSA) is 40.5 Å². The van der Waals surface area contributed by atoms with Crippen LogP contribution < -0.4 is 0 Å². The number of nitrogens with zero attached hydrogens (tertiary/aromatic N) is 1. The Bertz CT molecular complexity index is 438. The van der Waals surface area contributed by atoms with E-state index in [9.17, 15) is 4.79 Å². The van der Waals surface area contributed by atoms with E-state index in [1.807, 2.05) is 13.0 Å². The quantitative estimate of drug-likeness (QED) is 0.870. The fourth-order valence-electron chi connectivity index (χ4n) is 1.75. The van der Waals surface area contributed by atoms with Crippen LogP contribution in [0.1, 0.15) is 48.7 Å². The molecule has 0 aliphatic rings. The summed E-state index contributed by atoms with van der Waals surface area (Å²) in [5, 5.41) is 8.94. The minimum atomic E-state index is -0.869. The van der Waals surface area contributed by atoms with Crippen LogP contribution in [0.5, 0.6) is 0 Å². The Hall–Kier alpha value is -1.35. The predicted octanol–water partition coefficient (Wildman–Crippen LogP) is 3.31. The molecule has 1 aromatic carbocycles. The number of hydrogen-bond acceptors (Lipinski definition) is 2. The maximum atomic E-state index is 10.9. The van der Waals surface area contributed by atoms with Gasteiger partial charge in [-0.3, -0.25) is 4.90 Å². The minimum Gasteiger partial charge on any atom is -0.478 e. The molecule has 3 nitrogen and oxygen atoms in total. The Morgan fingerprint density at radius 1 is 1.39 bits per heavy atom. The monoisotopic (exact) mass is 249 g/mol. The highest BCUT2D eigenvalue weighted by Gasteiger charge is 2.21. The molecule has 1 N–H and O–H groups in total. The summed E-state index contributed by atoms with van der Waals surface area (Å²) in [6.45, 7) is 9.42. The number of aromatic carboxylic acids is 1. The molecule has 0 unspecified atom stereocenters. The lowest BCUT2D eigenvalue weighted by molar-refractivity contribution is 0.0696.